The number of hydrogen-bond donors (Lipinski definition) is 3. The lowest BCUT2D eigenvalue weighted by molar-refractivity contribution is -0.139. The largest absolute Gasteiger partial charge is 0.493 e. The van der Waals surface area contributed by atoms with Crippen LogP contribution < -0.4 is 25.4 Å². The summed E-state index contributed by atoms with van der Waals surface area (Å²) in [4.78, 5) is 37.3. The second-order valence-corrected chi connectivity index (χ2v) is 8.18. The number of methoxy groups -OCH3 is 1. The van der Waals surface area contributed by atoms with E-state index in [2.05, 4.69) is 16.0 Å². The summed E-state index contributed by atoms with van der Waals surface area (Å²) < 4.78 is 16.4. The van der Waals surface area contributed by atoms with Gasteiger partial charge in [-0.3, -0.25) is 4.79 Å². The van der Waals surface area contributed by atoms with Gasteiger partial charge in [-0.25, -0.2) is 9.59 Å². The van der Waals surface area contributed by atoms with Crippen molar-refractivity contribution in [1.82, 2.24) is 16.0 Å². The molecule has 0 aromatic heterocycles. The van der Waals surface area contributed by atoms with Crippen LogP contribution in [-0.4, -0.2) is 44.8 Å². The van der Waals surface area contributed by atoms with Crippen LogP contribution in [0.4, 0.5) is 4.79 Å². The fourth-order valence-electron chi connectivity index (χ4n) is 3.93. The van der Waals surface area contributed by atoms with E-state index in [1.165, 1.54) is 7.11 Å². The molecule has 3 N–H and O–H groups in total. The summed E-state index contributed by atoms with van der Waals surface area (Å²) in [6.45, 7) is 4.23. The number of rotatable bonds is 12. The van der Waals surface area contributed by atoms with Gasteiger partial charge in [-0.05, 0) is 43.0 Å². The molecule has 9 heteroatoms. The Labute approximate surface area is 211 Å². The van der Waals surface area contributed by atoms with Gasteiger partial charge in [-0.15, -0.1) is 0 Å². The van der Waals surface area contributed by atoms with Gasteiger partial charge in [-0.1, -0.05) is 49.7 Å². The number of urea groups is 1. The molecule has 2 aromatic rings. The number of carbonyl (C=O) groups excluding carboxylic acids is 3. The lowest BCUT2D eigenvalue weighted by Crippen LogP contribution is -2.46. The first-order valence-electron chi connectivity index (χ1n) is 12.1. The zero-order chi connectivity index (χ0) is 25.9. The van der Waals surface area contributed by atoms with Crippen LogP contribution in [0.2, 0.25) is 0 Å². The van der Waals surface area contributed by atoms with Gasteiger partial charge < -0.3 is 30.2 Å². The summed E-state index contributed by atoms with van der Waals surface area (Å²) in [5, 5.41) is 8.37. The van der Waals surface area contributed by atoms with E-state index >= 15 is 0 Å². The highest BCUT2D eigenvalue weighted by atomic mass is 16.5. The monoisotopic (exact) mass is 495 g/mol. The highest BCUT2D eigenvalue weighted by molar-refractivity contribution is 5.95. The Hall–Kier alpha value is -4.01. The van der Waals surface area contributed by atoms with Crippen molar-refractivity contribution in [3.63, 3.8) is 0 Å². The molecule has 0 spiro atoms. The van der Waals surface area contributed by atoms with E-state index in [9.17, 15) is 14.4 Å². The molecule has 9 nitrogen and oxygen atoms in total. The summed E-state index contributed by atoms with van der Waals surface area (Å²) >= 11 is 0. The molecule has 1 heterocycles. The van der Waals surface area contributed by atoms with Gasteiger partial charge in [0.05, 0.1) is 25.3 Å². The topological polar surface area (TPSA) is 115 Å². The Morgan fingerprint density at radius 1 is 1.03 bits per heavy atom. The SMILES string of the molecule is CCCC1=C(C(=O)OCC)C(c2ccc(OCC(=O)NCCc3ccccc3)c(OC)c2)NC(=O)N1. The minimum absolute atomic E-state index is 0.177. The first kappa shape index (κ1) is 26.6. The van der Waals surface area contributed by atoms with E-state index in [1.807, 2.05) is 37.3 Å². The van der Waals surface area contributed by atoms with Crippen molar-refractivity contribution in [3.05, 3.63) is 70.9 Å². The summed E-state index contributed by atoms with van der Waals surface area (Å²) in [6, 6.07) is 13.8. The minimum atomic E-state index is -0.719. The summed E-state index contributed by atoms with van der Waals surface area (Å²) in [5.74, 6) is -0.00267. The molecule has 0 saturated carbocycles. The number of ether oxygens (including phenoxy) is 3. The fourth-order valence-corrected chi connectivity index (χ4v) is 3.93. The zero-order valence-electron chi connectivity index (χ0n) is 20.9. The van der Waals surface area contributed by atoms with Crippen molar-refractivity contribution in [2.24, 2.45) is 0 Å². The lowest BCUT2D eigenvalue weighted by atomic mass is 9.93. The Bertz CT molecular complexity index is 1100. The van der Waals surface area contributed by atoms with E-state index in [0.717, 1.165) is 18.4 Å². The number of benzene rings is 2. The zero-order valence-corrected chi connectivity index (χ0v) is 20.9. The second-order valence-electron chi connectivity index (χ2n) is 8.18. The maximum Gasteiger partial charge on any atom is 0.338 e. The third-order valence-corrected chi connectivity index (χ3v) is 5.61. The van der Waals surface area contributed by atoms with Crippen LogP contribution in [0.25, 0.3) is 0 Å². The van der Waals surface area contributed by atoms with Crippen molar-refractivity contribution in [3.8, 4) is 11.5 Å². The van der Waals surface area contributed by atoms with E-state index < -0.39 is 18.0 Å². The predicted molar refractivity (Wildman–Crippen MR) is 135 cm³/mol. The van der Waals surface area contributed by atoms with E-state index in [1.54, 1.807) is 25.1 Å². The van der Waals surface area contributed by atoms with Gasteiger partial charge in [0.1, 0.15) is 0 Å². The Morgan fingerprint density at radius 2 is 1.81 bits per heavy atom. The molecule has 0 bridgehead atoms. The van der Waals surface area contributed by atoms with Crippen molar-refractivity contribution >= 4 is 17.9 Å². The number of amides is 3. The summed E-state index contributed by atoms with van der Waals surface area (Å²) in [5.41, 5.74) is 2.65. The van der Waals surface area contributed by atoms with Crippen molar-refractivity contribution < 1.29 is 28.6 Å². The van der Waals surface area contributed by atoms with Crippen LogP contribution >= 0.6 is 0 Å². The van der Waals surface area contributed by atoms with Gasteiger partial charge in [0.2, 0.25) is 0 Å². The fraction of sp³-hybridized carbons (Fsp3) is 0.370. The molecule has 0 aliphatic carbocycles. The molecule has 1 aliphatic rings. The normalized spacial score (nSPS) is 15.0. The number of esters is 1. The molecule has 192 valence electrons. The molecule has 3 rings (SSSR count). The third kappa shape index (κ3) is 7.00. The lowest BCUT2D eigenvalue weighted by Gasteiger charge is -2.29. The van der Waals surface area contributed by atoms with Gasteiger partial charge in [0.15, 0.2) is 18.1 Å². The van der Waals surface area contributed by atoms with Crippen LogP contribution in [-0.2, 0) is 20.7 Å². The third-order valence-electron chi connectivity index (χ3n) is 5.61. The van der Waals surface area contributed by atoms with Crippen LogP contribution in [0.15, 0.2) is 59.8 Å². The van der Waals surface area contributed by atoms with Crippen molar-refractivity contribution in [2.75, 3.05) is 26.9 Å². The van der Waals surface area contributed by atoms with Crippen LogP contribution in [0, 0.1) is 0 Å². The van der Waals surface area contributed by atoms with Gasteiger partial charge in [0, 0.05) is 12.2 Å². The Morgan fingerprint density at radius 3 is 2.50 bits per heavy atom. The highest BCUT2D eigenvalue weighted by Crippen LogP contribution is 2.35. The average Bonchev–Trinajstić information content (AvgIpc) is 2.88. The van der Waals surface area contributed by atoms with E-state index in [0.29, 0.717) is 41.3 Å². The number of allylic oxidation sites excluding steroid dienone is 1. The quantitative estimate of drug-likeness (QED) is 0.389. The maximum atomic E-state index is 12.8. The molecule has 1 unspecified atom stereocenters. The van der Waals surface area contributed by atoms with Gasteiger partial charge in [-0.2, -0.15) is 0 Å². The van der Waals surface area contributed by atoms with Gasteiger partial charge >= 0.3 is 12.0 Å². The molecule has 1 atom stereocenters. The Balaban J connectivity index is 1.71. The molecule has 36 heavy (non-hydrogen) atoms. The first-order valence-corrected chi connectivity index (χ1v) is 12.1. The highest BCUT2D eigenvalue weighted by Gasteiger charge is 2.33. The average molecular weight is 496 g/mol. The molecule has 1 aliphatic heterocycles. The maximum absolute atomic E-state index is 12.8. The molecule has 0 radical (unpaired) electrons. The van der Waals surface area contributed by atoms with Crippen LogP contribution in [0.1, 0.15) is 43.9 Å². The number of hydrogen-bond acceptors (Lipinski definition) is 6. The van der Waals surface area contributed by atoms with Crippen LogP contribution in [0.3, 0.4) is 0 Å². The smallest absolute Gasteiger partial charge is 0.338 e. The molecule has 2 aromatic carbocycles. The van der Waals surface area contributed by atoms with Crippen molar-refractivity contribution in [1.29, 1.82) is 0 Å². The number of carbonyl (C=O) groups is 3. The van der Waals surface area contributed by atoms with Gasteiger partial charge in [0.25, 0.3) is 5.91 Å². The second kappa shape index (κ2) is 13.2. The van der Waals surface area contributed by atoms with Crippen LogP contribution in [0.5, 0.6) is 11.5 Å². The molecule has 0 fully saturated rings. The van der Waals surface area contributed by atoms with E-state index in [-0.39, 0.29) is 19.1 Å². The number of nitrogens with one attached hydrogen (secondary N) is 3. The molecular formula is C27H33N3O6. The molecule has 0 saturated heterocycles. The first-order chi connectivity index (χ1) is 17.5. The van der Waals surface area contributed by atoms with E-state index in [4.69, 9.17) is 14.2 Å². The molecular weight excluding hydrogens is 462 g/mol. The standard InChI is InChI=1S/C27H33N3O6/c1-4-9-20-24(26(32)35-5-2)25(30-27(33)29-20)19-12-13-21(22(16-19)34-3)36-17-23(31)28-15-14-18-10-7-6-8-11-18/h6-8,10-13,16,25H,4-5,9,14-15,17H2,1-3H3,(H,28,31)(H2,29,30,33). The predicted octanol–water partition coefficient (Wildman–Crippen LogP) is 3.40. The minimum Gasteiger partial charge on any atom is -0.493 e. The molecule has 3 amide bonds. The summed E-state index contributed by atoms with van der Waals surface area (Å²) in [6.07, 6.45) is 1.99. The Kier molecular flexibility index (Phi) is 9.73. The van der Waals surface area contributed by atoms with Crippen molar-refractivity contribution in [2.45, 2.75) is 39.2 Å². The summed E-state index contributed by atoms with van der Waals surface area (Å²) in [7, 11) is 1.48.